The Morgan fingerprint density at radius 2 is 2.15 bits per heavy atom. The lowest BCUT2D eigenvalue weighted by Gasteiger charge is -2.35. The minimum absolute atomic E-state index is 0.0328. The Hall–Kier alpha value is -1.62. The average molecular weight is 277 g/mol. The molecular weight excluding hydrogens is 254 g/mol. The van der Waals surface area contributed by atoms with Crippen molar-refractivity contribution in [3.8, 4) is 0 Å². The minimum atomic E-state index is -0.0328. The molecule has 1 aromatic heterocycles. The first-order valence-corrected chi connectivity index (χ1v) is 7.27. The maximum Gasteiger partial charge on any atom is 0.251 e. The highest BCUT2D eigenvalue weighted by atomic mass is 16.5. The number of carbonyl (C=O) groups is 1. The molecule has 1 amide bonds. The summed E-state index contributed by atoms with van der Waals surface area (Å²) in [5.41, 5.74) is 1.50. The summed E-state index contributed by atoms with van der Waals surface area (Å²) in [4.78, 5) is 16.6. The lowest BCUT2D eigenvalue weighted by atomic mass is 9.89. The zero-order chi connectivity index (χ0) is 14.5. The van der Waals surface area contributed by atoms with Crippen molar-refractivity contribution in [2.45, 2.75) is 45.8 Å². The quantitative estimate of drug-likeness (QED) is 0.836. The lowest BCUT2D eigenvalue weighted by Crippen LogP contribution is -2.47. The molecule has 0 atom stereocenters. The molecule has 0 spiro atoms. The highest BCUT2D eigenvalue weighted by molar-refractivity contribution is 5.95. The van der Waals surface area contributed by atoms with E-state index in [0.717, 1.165) is 37.5 Å². The zero-order valence-electron chi connectivity index (χ0n) is 12.4. The highest BCUT2D eigenvalue weighted by Crippen LogP contribution is 2.23. The highest BCUT2D eigenvalue weighted by Gasteiger charge is 2.30. The molecule has 0 aromatic carbocycles. The van der Waals surface area contributed by atoms with E-state index in [4.69, 9.17) is 4.74 Å². The second-order valence-electron chi connectivity index (χ2n) is 5.13. The first-order valence-electron chi connectivity index (χ1n) is 7.27. The fourth-order valence-corrected chi connectivity index (χ4v) is 2.40. The van der Waals surface area contributed by atoms with Gasteiger partial charge < -0.3 is 15.4 Å². The molecule has 5 heteroatoms. The summed E-state index contributed by atoms with van der Waals surface area (Å²) in [6, 6.07) is 3.84. The first-order chi connectivity index (χ1) is 9.62. The SMILES string of the molecule is CCNc1cc(C(=O)NC2CC(OCC)C2)cc(C)n1. The number of hydrogen-bond donors (Lipinski definition) is 2. The van der Waals surface area contributed by atoms with Crippen LogP contribution in [0.3, 0.4) is 0 Å². The normalized spacial score (nSPS) is 21.1. The Bertz CT molecular complexity index is 470. The Morgan fingerprint density at radius 3 is 2.80 bits per heavy atom. The fraction of sp³-hybridized carbons (Fsp3) is 0.600. The van der Waals surface area contributed by atoms with E-state index in [1.807, 2.05) is 26.8 Å². The van der Waals surface area contributed by atoms with E-state index in [-0.39, 0.29) is 11.9 Å². The van der Waals surface area contributed by atoms with Gasteiger partial charge in [-0.25, -0.2) is 4.98 Å². The van der Waals surface area contributed by atoms with Gasteiger partial charge >= 0.3 is 0 Å². The van der Waals surface area contributed by atoms with E-state index >= 15 is 0 Å². The number of nitrogens with zero attached hydrogens (tertiary/aromatic N) is 1. The molecular formula is C15H23N3O2. The van der Waals surface area contributed by atoms with E-state index < -0.39 is 0 Å². The Balaban J connectivity index is 1.92. The van der Waals surface area contributed by atoms with Crippen LogP contribution in [0.4, 0.5) is 5.82 Å². The number of aryl methyl sites for hydroxylation is 1. The van der Waals surface area contributed by atoms with E-state index in [1.165, 1.54) is 0 Å². The van der Waals surface area contributed by atoms with Crippen LogP contribution in [-0.2, 0) is 4.74 Å². The van der Waals surface area contributed by atoms with Crippen LogP contribution in [0.5, 0.6) is 0 Å². The van der Waals surface area contributed by atoms with Gasteiger partial charge in [0.2, 0.25) is 0 Å². The molecule has 1 fully saturated rings. The predicted molar refractivity (Wildman–Crippen MR) is 79.0 cm³/mol. The summed E-state index contributed by atoms with van der Waals surface area (Å²) in [5.74, 6) is 0.716. The van der Waals surface area contributed by atoms with Gasteiger partial charge in [0.15, 0.2) is 0 Å². The Kier molecular flexibility index (Phi) is 4.95. The van der Waals surface area contributed by atoms with Gasteiger partial charge in [-0.1, -0.05) is 0 Å². The third kappa shape index (κ3) is 3.70. The van der Waals surface area contributed by atoms with E-state index in [0.29, 0.717) is 11.7 Å². The largest absolute Gasteiger partial charge is 0.378 e. The third-order valence-electron chi connectivity index (χ3n) is 3.41. The van der Waals surface area contributed by atoms with Gasteiger partial charge in [0.1, 0.15) is 5.82 Å². The van der Waals surface area contributed by atoms with Gasteiger partial charge in [-0.3, -0.25) is 4.79 Å². The molecule has 0 saturated heterocycles. The molecule has 1 aliphatic rings. The standard InChI is InChI=1S/C15H23N3O2/c1-4-16-14-7-11(6-10(3)17-14)15(19)18-12-8-13(9-12)20-5-2/h6-7,12-13H,4-5,8-9H2,1-3H3,(H,16,17)(H,18,19). The summed E-state index contributed by atoms with van der Waals surface area (Å²) in [5, 5.41) is 6.18. The lowest BCUT2D eigenvalue weighted by molar-refractivity contribution is -0.00862. The van der Waals surface area contributed by atoms with Crippen LogP contribution in [0.25, 0.3) is 0 Å². The van der Waals surface area contributed by atoms with Gasteiger partial charge in [-0.05, 0) is 45.7 Å². The number of anilines is 1. The number of amides is 1. The van der Waals surface area contributed by atoms with Crippen molar-refractivity contribution in [2.24, 2.45) is 0 Å². The van der Waals surface area contributed by atoms with Crippen molar-refractivity contribution in [3.63, 3.8) is 0 Å². The van der Waals surface area contributed by atoms with Gasteiger partial charge in [0, 0.05) is 30.5 Å². The van der Waals surface area contributed by atoms with Gasteiger partial charge in [-0.2, -0.15) is 0 Å². The summed E-state index contributed by atoms with van der Waals surface area (Å²) in [6.07, 6.45) is 2.12. The van der Waals surface area contributed by atoms with E-state index in [9.17, 15) is 4.79 Å². The van der Waals surface area contributed by atoms with Crippen molar-refractivity contribution in [2.75, 3.05) is 18.5 Å². The Morgan fingerprint density at radius 1 is 1.40 bits per heavy atom. The molecule has 0 aliphatic heterocycles. The number of rotatable bonds is 6. The molecule has 0 bridgehead atoms. The Labute approximate surface area is 120 Å². The third-order valence-corrected chi connectivity index (χ3v) is 3.41. The van der Waals surface area contributed by atoms with Crippen molar-refractivity contribution < 1.29 is 9.53 Å². The summed E-state index contributed by atoms with van der Waals surface area (Å²) in [6.45, 7) is 7.42. The van der Waals surface area contributed by atoms with Crippen LogP contribution < -0.4 is 10.6 Å². The second-order valence-corrected chi connectivity index (χ2v) is 5.13. The molecule has 1 aliphatic carbocycles. The number of hydrogen-bond acceptors (Lipinski definition) is 4. The zero-order valence-corrected chi connectivity index (χ0v) is 12.4. The molecule has 0 unspecified atom stereocenters. The van der Waals surface area contributed by atoms with Crippen molar-refractivity contribution in [3.05, 3.63) is 23.4 Å². The molecule has 2 rings (SSSR count). The molecule has 2 N–H and O–H groups in total. The second kappa shape index (κ2) is 6.70. The van der Waals surface area contributed by atoms with Crippen LogP contribution >= 0.6 is 0 Å². The van der Waals surface area contributed by atoms with Crippen LogP contribution in [0, 0.1) is 6.92 Å². The van der Waals surface area contributed by atoms with Crippen molar-refractivity contribution >= 4 is 11.7 Å². The maximum absolute atomic E-state index is 12.2. The van der Waals surface area contributed by atoms with E-state index in [2.05, 4.69) is 15.6 Å². The van der Waals surface area contributed by atoms with Gasteiger partial charge in [0.05, 0.1) is 6.10 Å². The molecule has 0 radical (unpaired) electrons. The first kappa shape index (κ1) is 14.8. The van der Waals surface area contributed by atoms with E-state index in [1.54, 1.807) is 6.07 Å². The number of ether oxygens (including phenoxy) is 1. The maximum atomic E-state index is 12.2. The average Bonchev–Trinajstić information content (AvgIpc) is 2.36. The van der Waals surface area contributed by atoms with Crippen LogP contribution in [-0.4, -0.2) is 36.2 Å². The number of pyridine rings is 1. The molecule has 1 aromatic rings. The predicted octanol–water partition coefficient (Wildman–Crippen LogP) is 2.12. The fourth-order valence-electron chi connectivity index (χ4n) is 2.40. The number of aromatic nitrogens is 1. The van der Waals surface area contributed by atoms with Gasteiger partial charge in [0.25, 0.3) is 5.91 Å². The molecule has 110 valence electrons. The monoisotopic (exact) mass is 277 g/mol. The summed E-state index contributed by atoms with van der Waals surface area (Å²) in [7, 11) is 0. The van der Waals surface area contributed by atoms with Gasteiger partial charge in [-0.15, -0.1) is 0 Å². The minimum Gasteiger partial charge on any atom is -0.378 e. The van der Waals surface area contributed by atoms with Crippen LogP contribution in [0.1, 0.15) is 42.7 Å². The van der Waals surface area contributed by atoms with Crippen molar-refractivity contribution in [1.82, 2.24) is 10.3 Å². The van der Waals surface area contributed by atoms with Crippen LogP contribution in [0.15, 0.2) is 12.1 Å². The number of nitrogens with one attached hydrogen (secondary N) is 2. The van der Waals surface area contributed by atoms with Crippen LogP contribution in [0.2, 0.25) is 0 Å². The molecule has 1 heterocycles. The summed E-state index contributed by atoms with van der Waals surface area (Å²) < 4.78 is 5.49. The molecule has 20 heavy (non-hydrogen) atoms. The smallest absolute Gasteiger partial charge is 0.251 e. The topological polar surface area (TPSA) is 63.2 Å². The molecule has 5 nitrogen and oxygen atoms in total. The molecule has 1 saturated carbocycles. The summed E-state index contributed by atoms with van der Waals surface area (Å²) >= 11 is 0. The number of carbonyl (C=O) groups excluding carboxylic acids is 1. The van der Waals surface area contributed by atoms with Crippen molar-refractivity contribution in [1.29, 1.82) is 0 Å².